The zero-order valence-electron chi connectivity index (χ0n) is 14.9. The Labute approximate surface area is 161 Å². The quantitative estimate of drug-likeness (QED) is 0.658. The first-order valence-corrected chi connectivity index (χ1v) is 9.88. The monoisotopic (exact) mass is 383 g/mol. The molecule has 4 rings (SSSR count). The molecule has 7 nitrogen and oxygen atoms in total. The van der Waals surface area contributed by atoms with Crippen LogP contribution in [0, 0.1) is 0 Å². The number of rotatable bonds is 6. The highest BCUT2D eigenvalue weighted by molar-refractivity contribution is 7.21. The van der Waals surface area contributed by atoms with Crippen molar-refractivity contribution in [3.8, 4) is 10.7 Å². The summed E-state index contributed by atoms with van der Waals surface area (Å²) in [5.41, 5.74) is 1.76. The highest BCUT2D eigenvalue weighted by Crippen LogP contribution is 2.29. The maximum absolute atomic E-state index is 12.6. The van der Waals surface area contributed by atoms with Crippen LogP contribution in [0.15, 0.2) is 36.7 Å². The van der Waals surface area contributed by atoms with Gasteiger partial charge >= 0.3 is 0 Å². The Morgan fingerprint density at radius 3 is 2.85 bits per heavy atom. The number of amides is 1. The number of carbonyl (C=O) groups excluding carboxylic acids is 1. The van der Waals surface area contributed by atoms with Crippen molar-refractivity contribution < 1.29 is 9.53 Å². The fourth-order valence-corrected chi connectivity index (χ4v) is 4.01. The number of ether oxygens (including phenoxy) is 1. The molecule has 2 aromatic heterocycles. The van der Waals surface area contributed by atoms with Crippen LogP contribution >= 0.6 is 11.3 Å². The lowest BCUT2D eigenvalue weighted by Gasteiger charge is -2.26. The zero-order valence-corrected chi connectivity index (χ0v) is 15.7. The molecule has 8 heteroatoms. The first kappa shape index (κ1) is 18.0. The van der Waals surface area contributed by atoms with Gasteiger partial charge in [0.15, 0.2) is 5.69 Å². The number of hydrogen-bond donors (Lipinski definition) is 1. The van der Waals surface area contributed by atoms with Gasteiger partial charge < -0.3 is 10.1 Å². The largest absolute Gasteiger partial charge is 0.379 e. The Kier molecular flexibility index (Phi) is 5.66. The van der Waals surface area contributed by atoms with Gasteiger partial charge in [-0.2, -0.15) is 0 Å². The van der Waals surface area contributed by atoms with Crippen molar-refractivity contribution in [3.05, 3.63) is 42.4 Å². The van der Waals surface area contributed by atoms with Crippen molar-refractivity contribution in [1.29, 1.82) is 0 Å². The van der Waals surface area contributed by atoms with Gasteiger partial charge in [0.2, 0.25) is 0 Å². The summed E-state index contributed by atoms with van der Waals surface area (Å²) in [6.07, 6.45) is 4.03. The number of morpholine rings is 1. The maximum atomic E-state index is 12.6. The van der Waals surface area contributed by atoms with Gasteiger partial charge in [-0.15, -0.1) is 11.3 Å². The number of para-hydroxylation sites is 1. The van der Waals surface area contributed by atoms with Gasteiger partial charge in [-0.25, -0.2) is 15.0 Å². The van der Waals surface area contributed by atoms with Crippen molar-refractivity contribution in [2.45, 2.75) is 6.42 Å². The molecule has 0 spiro atoms. The highest BCUT2D eigenvalue weighted by Gasteiger charge is 2.18. The molecule has 1 saturated heterocycles. The third kappa shape index (κ3) is 4.29. The fraction of sp³-hybridized carbons (Fsp3) is 0.368. The first-order valence-electron chi connectivity index (χ1n) is 9.06. The smallest absolute Gasteiger partial charge is 0.272 e. The molecule has 27 heavy (non-hydrogen) atoms. The number of fused-ring (bicyclic) bond motifs is 1. The minimum Gasteiger partial charge on any atom is -0.379 e. The molecule has 1 fully saturated rings. The first-order chi connectivity index (χ1) is 13.3. The summed E-state index contributed by atoms with van der Waals surface area (Å²) in [5.74, 6) is -0.209. The van der Waals surface area contributed by atoms with Crippen molar-refractivity contribution >= 4 is 27.5 Å². The standard InChI is InChI=1S/C19H21N5O2S/c25-18(22-6-3-9-24-10-12-26-13-11-24)16-17(21-8-7-20-16)19-23-14-4-1-2-5-15(14)27-19/h1-2,4-5,7-8H,3,6,9-13H2,(H,22,25). The van der Waals surface area contributed by atoms with E-state index in [9.17, 15) is 4.79 Å². The van der Waals surface area contributed by atoms with Crippen molar-refractivity contribution in [1.82, 2.24) is 25.2 Å². The number of thiazole rings is 1. The lowest BCUT2D eigenvalue weighted by atomic mass is 10.2. The van der Waals surface area contributed by atoms with E-state index in [0.717, 1.165) is 49.5 Å². The van der Waals surface area contributed by atoms with Crippen molar-refractivity contribution in [2.75, 3.05) is 39.4 Å². The second kappa shape index (κ2) is 8.51. The minimum atomic E-state index is -0.209. The van der Waals surface area contributed by atoms with E-state index in [1.165, 1.54) is 11.3 Å². The number of benzene rings is 1. The van der Waals surface area contributed by atoms with Crippen molar-refractivity contribution in [2.24, 2.45) is 0 Å². The van der Waals surface area contributed by atoms with Crippen LogP contribution in [0.25, 0.3) is 20.9 Å². The van der Waals surface area contributed by atoms with Gasteiger partial charge in [-0.1, -0.05) is 12.1 Å². The van der Waals surface area contributed by atoms with Gasteiger partial charge in [0.05, 0.1) is 23.4 Å². The Bertz CT molecular complexity index is 890. The van der Waals surface area contributed by atoms with Gasteiger partial charge in [-0.05, 0) is 25.1 Å². The van der Waals surface area contributed by atoms with E-state index >= 15 is 0 Å². The molecule has 0 unspecified atom stereocenters. The molecule has 0 radical (unpaired) electrons. The second-order valence-electron chi connectivity index (χ2n) is 6.30. The van der Waals surface area contributed by atoms with Gasteiger partial charge in [-0.3, -0.25) is 9.69 Å². The van der Waals surface area contributed by atoms with Gasteiger partial charge in [0.25, 0.3) is 5.91 Å². The number of nitrogens with one attached hydrogen (secondary N) is 1. The third-order valence-electron chi connectivity index (χ3n) is 4.45. The van der Waals surface area contributed by atoms with Crippen LogP contribution in [0.3, 0.4) is 0 Å². The summed E-state index contributed by atoms with van der Waals surface area (Å²) in [6, 6.07) is 7.89. The predicted octanol–water partition coefficient (Wildman–Crippen LogP) is 2.21. The number of hydrogen-bond acceptors (Lipinski definition) is 7. The highest BCUT2D eigenvalue weighted by atomic mass is 32.1. The molecule has 1 aliphatic rings. The Morgan fingerprint density at radius 2 is 2.00 bits per heavy atom. The summed E-state index contributed by atoms with van der Waals surface area (Å²) >= 11 is 1.52. The molecule has 1 amide bonds. The Hall–Kier alpha value is -2.42. The van der Waals surface area contributed by atoms with Crippen LogP contribution in [0.4, 0.5) is 0 Å². The van der Waals surface area contributed by atoms with E-state index in [2.05, 4.69) is 25.2 Å². The molecule has 0 atom stereocenters. The summed E-state index contributed by atoms with van der Waals surface area (Å²) in [6.45, 7) is 5.05. The van der Waals surface area contributed by atoms with E-state index < -0.39 is 0 Å². The predicted molar refractivity (Wildman–Crippen MR) is 105 cm³/mol. The lowest BCUT2D eigenvalue weighted by Crippen LogP contribution is -2.38. The zero-order chi connectivity index (χ0) is 18.5. The Balaban J connectivity index is 1.41. The lowest BCUT2D eigenvalue weighted by molar-refractivity contribution is 0.0374. The molecule has 1 aromatic carbocycles. The summed E-state index contributed by atoms with van der Waals surface area (Å²) < 4.78 is 6.41. The summed E-state index contributed by atoms with van der Waals surface area (Å²) in [4.78, 5) is 28.2. The minimum absolute atomic E-state index is 0.209. The SMILES string of the molecule is O=C(NCCCN1CCOCC1)c1nccnc1-c1nc2ccccc2s1. The second-order valence-corrected chi connectivity index (χ2v) is 7.33. The van der Waals surface area contributed by atoms with E-state index in [1.54, 1.807) is 12.4 Å². The maximum Gasteiger partial charge on any atom is 0.272 e. The number of aromatic nitrogens is 3. The van der Waals surface area contributed by atoms with Crippen LogP contribution in [-0.4, -0.2) is 65.2 Å². The molecule has 0 saturated carbocycles. The van der Waals surface area contributed by atoms with E-state index in [4.69, 9.17) is 4.74 Å². The molecule has 3 aromatic rings. The Morgan fingerprint density at radius 1 is 1.19 bits per heavy atom. The molecule has 140 valence electrons. The molecule has 1 N–H and O–H groups in total. The van der Waals surface area contributed by atoms with Crippen LogP contribution in [0.1, 0.15) is 16.9 Å². The number of nitrogens with zero attached hydrogens (tertiary/aromatic N) is 4. The summed E-state index contributed by atoms with van der Waals surface area (Å²) in [7, 11) is 0. The molecular weight excluding hydrogens is 362 g/mol. The average molecular weight is 383 g/mol. The molecule has 3 heterocycles. The molecule has 0 aliphatic carbocycles. The molecule has 0 bridgehead atoms. The molecular formula is C19H21N5O2S. The fourth-order valence-electron chi connectivity index (χ4n) is 3.05. The topological polar surface area (TPSA) is 80.2 Å². The van der Waals surface area contributed by atoms with Crippen molar-refractivity contribution in [3.63, 3.8) is 0 Å². The van der Waals surface area contributed by atoms with Crippen LogP contribution < -0.4 is 5.32 Å². The third-order valence-corrected chi connectivity index (χ3v) is 5.49. The van der Waals surface area contributed by atoms with Crippen LogP contribution in [0.5, 0.6) is 0 Å². The van der Waals surface area contributed by atoms with E-state index in [1.807, 2.05) is 24.3 Å². The summed E-state index contributed by atoms with van der Waals surface area (Å²) in [5, 5.41) is 3.67. The van der Waals surface area contributed by atoms with Gasteiger partial charge in [0.1, 0.15) is 10.7 Å². The van der Waals surface area contributed by atoms with Gasteiger partial charge in [0, 0.05) is 32.0 Å². The number of carbonyl (C=O) groups is 1. The van der Waals surface area contributed by atoms with Crippen LogP contribution in [-0.2, 0) is 4.74 Å². The molecule has 1 aliphatic heterocycles. The normalized spacial score (nSPS) is 15.1. The van der Waals surface area contributed by atoms with Crippen LogP contribution in [0.2, 0.25) is 0 Å². The van der Waals surface area contributed by atoms with E-state index in [-0.39, 0.29) is 5.91 Å². The van der Waals surface area contributed by atoms with E-state index in [0.29, 0.717) is 22.9 Å². The average Bonchev–Trinajstić information content (AvgIpc) is 3.16.